The number of nitrogens with zero attached hydrogens (tertiary/aromatic N) is 2. The molecule has 1 fully saturated rings. The van der Waals surface area contributed by atoms with Gasteiger partial charge in [0.05, 0.1) is 19.1 Å². The summed E-state index contributed by atoms with van der Waals surface area (Å²) in [7, 11) is 0. The number of pyridine rings is 1. The number of carbonyl (C=O) groups excluding carboxylic acids is 1. The molecule has 1 aromatic rings. The Kier molecular flexibility index (Phi) is 5.52. The van der Waals surface area contributed by atoms with Gasteiger partial charge in [0.15, 0.2) is 0 Å². The fraction of sp³-hybridized carbons (Fsp3) is 0.500. The molecule has 1 aromatic heterocycles. The fourth-order valence-corrected chi connectivity index (χ4v) is 2.38. The number of carboxylic acids is 1. The Bertz CT molecular complexity index is 515. The van der Waals surface area contributed by atoms with Crippen molar-refractivity contribution in [3.05, 3.63) is 29.0 Å². The number of hydrogen-bond donors (Lipinski definition) is 1. The second-order valence-corrected chi connectivity index (χ2v) is 5.30. The molecular weight excluding hydrogens is 296 g/mol. The standard InChI is InChI=1S/C14H17ClN2O4/c15-10-1-5-16-12(9-10)14(20)17-6-2-11(3-7-17)21-8-4-13(18)19/h1,5,9,11H,2-4,6-8H2,(H,18,19). The first-order chi connectivity index (χ1) is 10.1. The van der Waals surface area contributed by atoms with E-state index >= 15 is 0 Å². The van der Waals surface area contributed by atoms with Crippen LogP contribution in [0.5, 0.6) is 0 Å². The molecule has 0 aliphatic carbocycles. The summed E-state index contributed by atoms with van der Waals surface area (Å²) in [6.07, 6.45) is 2.93. The number of halogens is 1. The molecule has 1 saturated heterocycles. The van der Waals surface area contributed by atoms with Gasteiger partial charge in [-0.15, -0.1) is 0 Å². The second kappa shape index (κ2) is 7.38. The number of ether oxygens (including phenoxy) is 1. The third kappa shape index (κ3) is 4.68. The first-order valence-electron chi connectivity index (χ1n) is 6.80. The highest BCUT2D eigenvalue weighted by Crippen LogP contribution is 2.17. The van der Waals surface area contributed by atoms with Gasteiger partial charge in [-0.25, -0.2) is 0 Å². The normalized spacial score (nSPS) is 16.0. The zero-order valence-electron chi connectivity index (χ0n) is 11.5. The first kappa shape index (κ1) is 15.7. The summed E-state index contributed by atoms with van der Waals surface area (Å²) < 4.78 is 5.49. The highest BCUT2D eigenvalue weighted by Gasteiger charge is 2.24. The van der Waals surface area contributed by atoms with Gasteiger partial charge in [0.2, 0.25) is 0 Å². The van der Waals surface area contributed by atoms with Gasteiger partial charge < -0.3 is 14.7 Å². The number of amides is 1. The maximum absolute atomic E-state index is 12.2. The smallest absolute Gasteiger partial charge is 0.305 e. The number of likely N-dealkylation sites (tertiary alicyclic amines) is 1. The van der Waals surface area contributed by atoms with E-state index in [1.807, 2.05) is 0 Å². The van der Waals surface area contributed by atoms with Crippen LogP contribution in [-0.2, 0) is 9.53 Å². The molecule has 1 N–H and O–H groups in total. The van der Waals surface area contributed by atoms with Crippen LogP contribution in [0.1, 0.15) is 29.8 Å². The second-order valence-electron chi connectivity index (χ2n) is 4.87. The van der Waals surface area contributed by atoms with Crippen LogP contribution in [0.25, 0.3) is 0 Å². The van der Waals surface area contributed by atoms with E-state index in [1.54, 1.807) is 17.0 Å². The average Bonchev–Trinajstić information content (AvgIpc) is 2.47. The lowest BCUT2D eigenvalue weighted by molar-refractivity contribution is -0.138. The first-order valence-corrected chi connectivity index (χ1v) is 7.18. The Morgan fingerprint density at radius 3 is 2.76 bits per heavy atom. The van der Waals surface area contributed by atoms with E-state index in [1.165, 1.54) is 6.20 Å². The van der Waals surface area contributed by atoms with Crippen molar-refractivity contribution in [1.82, 2.24) is 9.88 Å². The van der Waals surface area contributed by atoms with Crippen molar-refractivity contribution in [2.24, 2.45) is 0 Å². The van der Waals surface area contributed by atoms with E-state index in [0.717, 1.165) is 0 Å². The molecule has 6 nitrogen and oxygen atoms in total. The van der Waals surface area contributed by atoms with Crippen LogP contribution in [0, 0.1) is 0 Å². The summed E-state index contributed by atoms with van der Waals surface area (Å²) in [4.78, 5) is 28.4. The summed E-state index contributed by atoms with van der Waals surface area (Å²) in [5, 5.41) is 9.04. The zero-order chi connectivity index (χ0) is 15.2. The molecule has 2 heterocycles. The average molecular weight is 313 g/mol. The van der Waals surface area contributed by atoms with Gasteiger partial charge in [-0.2, -0.15) is 0 Å². The molecular formula is C14H17ClN2O4. The summed E-state index contributed by atoms with van der Waals surface area (Å²) in [5.41, 5.74) is 0.341. The number of hydrogen-bond acceptors (Lipinski definition) is 4. The molecule has 2 rings (SSSR count). The predicted molar refractivity (Wildman–Crippen MR) is 76.4 cm³/mol. The Morgan fingerprint density at radius 2 is 2.14 bits per heavy atom. The summed E-state index contributed by atoms with van der Waals surface area (Å²) in [5.74, 6) is -1.00. The van der Waals surface area contributed by atoms with Gasteiger partial charge >= 0.3 is 5.97 Å². The molecule has 0 radical (unpaired) electrons. The van der Waals surface area contributed by atoms with Crippen LogP contribution in [0.15, 0.2) is 18.3 Å². The van der Waals surface area contributed by atoms with E-state index in [9.17, 15) is 9.59 Å². The van der Waals surface area contributed by atoms with Crippen molar-refractivity contribution in [3.63, 3.8) is 0 Å². The molecule has 0 saturated carbocycles. The molecule has 0 atom stereocenters. The summed E-state index contributed by atoms with van der Waals surface area (Å²) >= 11 is 5.86. The lowest BCUT2D eigenvalue weighted by Crippen LogP contribution is -2.41. The van der Waals surface area contributed by atoms with Gasteiger partial charge in [0, 0.05) is 24.3 Å². The molecule has 1 aliphatic rings. The lowest BCUT2D eigenvalue weighted by Gasteiger charge is -2.31. The van der Waals surface area contributed by atoms with Crippen LogP contribution in [0.4, 0.5) is 0 Å². The third-order valence-electron chi connectivity index (χ3n) is 3.34. The molecule has 0 spiro atoms. The quantitative estimate of drug-likeness (QED) is 0.897. The minimum Gasteiger partial charge on any atom is -0.481 e. The van der Waals surface area contributed by atoms with E-state index in [2.05, 4.69) is 4.98 Å². The predicted octanol–water partition coefficient (Wildman–Crippen LogP) is 1.83. The molecule has 114 valence electrons. The number of aliphatic carboxylic acids is 1. The minimum atomic E-state index is -0.866. The summed E-state index contributed by atoms with van der Waals surface area (Å²) in [6.45, 7) is 1.36. The highest BCUT2D eigenvalue weighted by molar-refractivity contribution is 6.30. The Morgan fingerprint density at radius 1 is 1.43 bits per heavy atom. The lowest BCUT2D eigenvalue weighted by atomic mass is 10.1. The van der Waals surface area contributed by atoms with Crippen molar-refractivity contribution in [2.75, 3.05) is 19.7 Å². The van der Waals surface area contributed by atoms with Crippen molar-refractivity contribution < 1.29 is 19.4 Å². The van der Waals surface area contributed by atoms with E-state index in [0.29, 0.717) is 36.6 Å². The van der Waals surface area contributed by atoms with Crippen LogP contribution in [-0.4, -0.2) is 52.7 Å². The molecule has 7 heteroatoms. The van der Waals surface area contributed by atoms with Crippen molar-refractivity contribution >= 4 is 23.5 Å². The molecule has 1 amide bonds. The van der Waals surface area contributed by atoms with Crippen LogP contribution >= 0.6 is 11.6 Å². The molecule has 1 aliphatic heterocycles. The highest BCUT2D eigenvalue weighted by atomic mass is 35.5. The van der Waals surface area contributed by atoms with Crippen LogP contribution in [0.2, 0.25) is 5.02 Å². The van der Waals surface area contributed by atoms with Crippen molar-refractivity contribution in [3.8, 4) is 0 Å². The Balaban J connectivity index is 1.81. The van der Waals surface area contributed by atoms with E-state index in [-0.39, 0.29) is 25.0 Å². The van der Waals surface area contributed by atoms with E-state index < -0.39 is 5.97 Å². The third-order valence-corrected chi connectivity index (χ3v) is 3.57. The Hall–Kier alpha value is -1.66. The molecule has 21 heavy (non-hydrogen) atoms. The molecule has 0 unspecified atom stereocenters. The van der Waals surface area contributed by atoms with Gasteiger partial charge in [-0.05, 0) is 25.0 Å². The largest absolute Gasteiger partial charge is 0.481 e. The SMILES string of the molecule is O=C(O)CCOC1CCN(C(=O)c2cc(Cl)ccn2)CC1. The number of carbonyl (C=O) groups is 2. The maximum Gasteiger partial charge on any atom is 0.305 e. The number of rotatable bonds is 5. The van der Waals surface area contributed by atoms with Crippen LogP contribution in [0.3, 0.4) is 0 Å². The van der Waals surface area contributed by atoms with Crippen molar-refractivity contribution in [1.29, 1.82) is 0 Å². The van der Waals surface area contributed by atoms with Crippen LogP contribution < -0.4 is 0 Å². The van der Waals surface area contributed by atoms with Gasteiger partial charge in [-0.1, -0.05) is 11.6 Å². The minimum absolute atomic E-state index is 0.00553. The Labute approximate surface area is 127 Å². The molecule has 0 bridgehead atoms. The van der Waals surface area contributed by atoms with Gasteiger partial charge in [0.1, 0.15) is 5.69 Å². The topological polar surface area (TPSA) is 79.7 Å². The fourth-order valence-electron chi connectivity index (χ4n) is 2.22. The summed E-state index contributed by atoms with van der Waals surface area (Å²) in [6, 6.07) is 3.18. The maximum atomic E-state index is 12.2. The van der Waals surface area contributed by atoms with E-state index in [4.69, 9.17) is 21.4 Å². The number of carboxylic acid groups (broad SMARTS) is 1. The van der Waals surface area contributed by atoms with Crippen molar-refractivity contribution in [2.45, 2.75) is 25.4 Å². The molecule has 0 aromatic carbocycles. The number of piperidine rings is 1. The zero-order valence-corrected chi connectivity index (χ0v) is 12.3. The van der Waals surface area contributed by atoms with Gasteiger partial charge in [-0.3, -0.25) is 14.6 Å². The monoisotopic (exact) mass is 312 g/mol. The number of aromatic nitrogens is 1. The van der Waals surface area contributed by atoms with Gasteiger partial charge in [0.25, 0.3) is 5.91 Å².